The summed E-state index contributed by atoms with van der Waals surface area (Å²) in [5, 5.41) is 11.2. The van der Waals surface area contributed by atoms with Crippen LogP contribution in [0.2, 0.25) is 0 Å². The van der Waals surface area contributed by atoms with Gasteiger partial charge in [0.05, 0.1) is 25.1 Å². The van der Waals surface area contributed by atoms with Crippen LogP contribution in [-0.2, 0) is 4.79 Å². The van der Waals surface area contributed by atoms with E-state index in [0.717, 1.165) is 0 Å². The van der Waals surface area contributed by atoms with Crippen LogP contribution in [0.5, 0.6) is 0 Å². The third-order valence-electron chi connectivity index (χ3n) is 2.44. The van der Waals surface area contributed by atoms with E-state index < -0.39 is 0 Å². The van der Waals surface area contributed by atoms with Crippen molar-refractivity contribution in [1.29, 1.82) is 5.26 Å². The van der Waals surface area contributed by atoms with Gasteiger partial charge in [0.25, 0.3) is 0 Å². The maximum Gasteiger partial charge on any atom is 0.237 e. The Bertz CT molecular complexity index is 287. The first-order chi connectivity index (χ1) is 7.04. The van der Waals surface area contributed by atoms with Crippen molar-refractivity contribution in [3.8, 4) is 18.4 Å². The van der Waals surface area contributed by atoms with Crippen LogP contribution in [-0.4, -0.2) is 36.5 Å². The molecule has 2 atom stereocenters. The minimum Gasteiger partial charge on any atom is -0.344 e. The van der Waals surface area contributed by atoms with Gasteiger partial charge < -0.3 is 5.32 Å². The fourth-order valence-electron chi connectivity index (χ4n) is 1.13. The molecule has 0 aromatic rings. The zero-order chi connectivity index (χ0) is 11.8. The molecule has 1 N–H and O–H groups in total. The highest BCUT2D eigenvalue weighted by Gasteiger charge is 2.21. The van der Waals surface area contributed by atoms with E-state index in [-0.39, 0.29) is 24.5 Å². The highest BCUT2D eigenvalue weighted by Crippen LogP contribution is 2.05. The van der Waals surface area contributed by atoms with Gasteiger partial charge in [-0.15, -0.1) is 6.42 Å². The molecule has 1 amide bonds. The number of nitrogens with one attached hydrogen (secondary N) is 1. The summed E-state index contributed by atoms with van der Waals surface area (Å²) in [6, 6.07) is 1.86. The van der Waals surface area contributed by atoms with Gasteiger partial charge in [-0.05, 0) is 20.9 Å². The first kappa shape index (κ1) is 13.5. The number of nitriles is 1. The monoisotopic (exact) mass is 207 g/mol. The van der Waals surface area contributed by atoms with Crippen LogP contribution in [0.3, 0.4) is 0 Å². The molecule has 0 aliphatic heterocycles. The SMILES string of the molecule is C#CCNC(=O)C(C)N(C)C(C)CC#N. The van der Waals surface area contributed by atoms with E-state index >= 15 is 0 Å². The Labute approximate surface area is 91.3 Å². The summed E-state index contributed by atoms with van der Waals surface area (Å²) in [5.41, 5.74) is 0. The van der Waals surface area contributed by atoms with Crippen molar-refractivity contribution < 1.29 is 4.79 Å². The van der Waals surface area contributed by atoms with Gasteiger partial charge in [0.1, 0.15) is 0 Å². The van der Waals surface area contributed by atoms with Crippen molar-refractivity contribution in [1.82, 2.24) is 10.2 Å². The number of rotatable bonds is 5. The fourth-order valence-corrected chi connectivity index (χ4v) is 1.13. The Morgan fingerprint density at radius 1 is 1.60 bits per heavy atom. The lowest BCUT2D eigenvalue weighted by atomic mass is 10.1. The van der Waals surface area contributed by atoms with Crippen molar-refractivity contribution in [2.75, 3.05) is 13.6 Å². The molecule has 0 aliphatic rings. The van der Waals surface area contributed by atoms with E-state index in [1.54, 1.807) is 6.92 Å². The molecule has 82 valence electrons. The van der Waals surface area contributed by atoms with Gasteiger partial charge in [0.2, 0.25) is 5.91 Å². The molecule has 0 bridgehead atoms. The maximum absolute atomic E-state index is 11.5. The van der Waals surface area contributed by atoms with Gasteiger partial charge in [-0.2, -0.15) is 5.26 Å². The Hall–Kier alpha value is -1.52. The first-order valence-corrected chi connectivity index (χ1v) is 4.84. The molecule has 0 aromatic carbocycles. The molecule has 15 heavy (non-hydrogen) atoms. The Morgan fingerprint density at radius 2 is 2.20 bits per heavy atom. The summed E-state index contributed by atoms with van der Waals surface area (Å²) >= 11 is 0. The van der Waals surface area contributed by atoms with Gasteiger partial charge in [0, 0.05) is 6.04 Å². The van der Waals surface area contributed by atoms with Crippen LogP contribution in [0, 0.1) is 23.7 Å². The molecule has 0 spiro atoms. The van der Waals surface area contributed by atoms with E-state index in [0.29, 0.717) is 6.42 Å². The third kappa shape index (κ3) is 4.49. The van der Waals surface area contributed by atoms with Gasteiger partial charge in [-0.3, -0.25) is 9.69 Å². The number of terminal acetylenes is 1. The van der Waals surface area contributed by atoms with E-state index in [1.165, 1.54) is 0 Å². The quantitative estimate of drug-likeness (QED) is 0.662. The summed E-state index contributed by atoms with van der Waals surface area (Å²) in [7, 11) is 1.82. The Balaban J connectivity index is 4.20. The summed E-state index contributed by atoms with van der Waals surface area (Å²) in [6.07, 6.45) is 5.45. The average molecular weight is 207 g/mol. The number of hydrogen-bond acceptors (Lipinski definition) is 3. The molecular weight excluding hydrogens is 190 g/mol. The topological polar surface area (TPSA) is 56.1 Å². The van der Waals surface area contributed by atoms with Crippen molar-refractivity contribution in [3.05, 3.63) is 0 Å². The summed E-state index contributed by atoms with van der Waals surface area (Å²) in [5.74, 6) is 2.23. The molecule has 0 fully saturated rings. The fraction of sp³-hybridized carbons (Fsp3) is 0.636. The second-order valence-corrected chi connectivity index (χ2v) is 3.47. The zero-order valence-corrected chi connectivity index (χ0v) is 9.45. The number of carbonyl (C=O) groups is 1. The van der Waals surface area contributed by atoms with E-state index in [1.807, 2.05) is 18.9 Å². The molecule has 0 aromatic heterocycles. The molecule has 0 saturated heterocycles. The number of likely N-dealkylation sites (N-methyl/N-ethyl adjacent to an activating group) is 1. The lowest BCUT2D eigenvalue weighted by Gasteiger charge is -2.28. The highest BCUT2D eigenvalue weighted by atomic mass is 16.2. The van der Waals surface area contributed by atoms with Crippen molar-refractivity contribution >= 4 is 5.91 Å². The van der Waals surface area contributed by atoms with Gasteiger partial charge in [-0.25, -0.2) is 0 Å². The lowest BCUT2D eigenvalue weighted by Crippen LogP contribution is -2.46. The second-order valence-electron chi connectivity index (χ2n) is 3.47. The van der Waals surface area contributed by atoms with Crippen molar-refractivity contribution in [2.45, 2.75) is 32.4 Å². The minimum absolute atomic E-state index is 0.0570. The van der Waals surface area contributed by atoms with Crippen LogP contribution in [0.25, 0.3) is 0 Å². The van der Waals surface area contributed by atoms with Gasteiger partial charge in [0.15, 0.2) is 0 Å². The largest absolute Gasteiger partial charge is 0.344 e. The molecule has 4 heteroatoms. The molecule has 4 nitrogen and oxygen atoms in total. The van der Waals surface area contributed by atoms with Crippen LogP contribution < -0.4 is 5.32 Å². The zero-order valence-electron chi connectivity index (χ0n) is 9.45. The molecule has 2 unspecified atom stereocenters. The number of nitrogens with zero attached hydrogens (tertiary/aromatic N) is 2. The molecule has 0 aliphatic carbocycles. The smallest absolute Gasteiger partial charge is 0.237 e. The molecule has 0 rings (SSSR count). The van der Waals surface area contributed by atoms with E-state index in [4.69, 9.17) is 11.7 Å². The maximum atomic E-state index is 11.5. The number of hydrogen-bond donors (Lipinski definition) is 1. The number of carbonyl (C=O) groups excluding carboxylic acids is 1. The predicted molar refractivity (Wildman–Crippen MR) is 58.8 cm³/mol. The van der Waals surface area contributed by atoms with Crippen molar-refractivity contribution in [3.63, 3.8) is 0 Å². The molecule has 0 saturated carbocycles. The summed E-state index contributed by atoms with van der Waals surface area (Å²) in [6.45, 7) is 3.94. The summed E-state index contributed by atoms with van der Waals surface area (Å²) < 4.78 is 0. The van der Waals surface area contributed by atoms with Crippen LogP contribution in [0.15, 0.2) is 0 Å². The molecular formula is C11H17N3O. The first-order valence-electron chi connectivity index (χ1n) is 4.84. The third-order valence-corrected chi connectivity index (χ3v) is 2.44. The van der Waals surface area contributed by atoms with Gasteiger partial charge in [-0.1, -0.05) is 5.92 Å². The minimum atomic E-state index is -0.276. The second kappa shape index (κ2) is 6.86. The van der Waals surface area contributed by atoms with Crippen LogP contribution in [0.4, 0.5) is 0 Å². The normalized spacial score (nSPS) is 13.7. The number of amides is 1. The lowest BCUT2D eigenvalue weighted by molar-refractivity contribution is -0.125. The Kier molecular flexibility index (Phi) is 6.17. The standard InChI is InChI=1S/C11H17N3O/c1-5-8-13-11(15)10(3)14(4)9(2)6-7-12/h1,9-10H,6,8H2,2-4H3,(H,13,15). The Morgan fingerprint density at radius 3 is 2.67 bits per heavy atom. The van der Waals surface area contributed by atoms with E-state index in [2.05, 4.69) is 17.3 Å². The summed E-state index contributed by atoms with van der Waals surface area (Å²) in [4.78, 5) is 13.4. The molecule has 0 radical (unpaired) electrons. The average Bonchev–Trinajstić information content (AvgIpc) is 2.24. The highest BCUT2D eigenvalue weighted by molar-refractivity contribution is 5.81. The van der Waals surface area contributed by atoms with Crippen molar-refractivity contribution in [2.24, 2.45) is 0 Å². The van der Waals surface area contributed by atoms with Crippen LogP contribution in [0.1, 0.15) is 20.3 Å². The van der Waals surface area contributed by atoms with Crippen LogP contribution >= 0.6 is 0 Å². The van der Waals surface area contributed by atoms with Gasteiger partial charge >= 0.3 is 0 Å². The van der Waals surface area contributed by atoms with E-state index in [9.17, 15) is 4.79 Å². The molecule has 0 heterocycles. The predicted octanol–water partition coefficient (Wildman–Crippen LogP) is 0.358.